The molecule has 11 nitrogen and oxygen atoms in total. The van der Waals surface area contributed by atoms with Crippen LogP contribution in [0.1, 0.15) is 5.76 Å². The maximum Gasteiger partial charge on any atom is 0.350 e. The SMILES string of the molecule is Cc1cc(NC(=O)Cn2nc3c(-c4nc(-c5ccc(Cl)cc5)no4)cccn3c2=O)no1. The smallest absolute Gasteiger partial charge is 0.350 e. The summed E-state index contributed by atoms with van der Waals surface area (Å²) in [6.07, 6.45) is 1.54. The van der Waals surface area contributed by atoms with Crippen molar-refractivity contribution in [2.45, 2.75) is 13.5 Å². The number of hydrogen-bond donors (Lipinski definition) is 1. The number of fused-ring (bicyclic) bond motifs is 1. The van der Waals surface area contributed by atoms with Crippen LogP contribution < -0.4 is 11.0 Å². The number of pyridine rings is 1. The number of anilines is 1. The van der Waals surface area contributed by atoms with Crippen LogP contribution >= 0.6 is 11.6 Å². The van der Waals surface area contributed by atoms with Crippen molar-refractivity contribution >= 4 is 29.0 Å². The van der Waals surface area contributed by atoms with E-state index in [1.165, 1.54) is 4.40 Å². The third kappa shape index (κ3) is 3.65. The van der Waals surface area contributed by atoms with E-state index in [-0.39, 0.29) is 23.9 Å². The Kier molecular flexibility index (Phi) is 4.79. The fourth-order valence-electron chi connectivity index (χ4n) is 3.10. The van der Waals surface area contributed by atoms with E-state index in [0.29, 0.717) is 22.2 Å². The molecule has 0 aliphatic heterocycles. The molecule has 0 atom stereocenters. The second-order valence-electron chi connectivity index (χ2n) is 6.86. The van der Waals surface area contributed by atoms with E-state index in [2.05, 4.69) is 25.7 Å². The Morgan fingerprint density at radius 2 is 1.97 bits per heavy atom. The van der Waals surface area contributed by atoms with E-state index in [1.54, 1.807) is 55.6 Å². The van der Waals surface area contributed by atoms with Crippen molar-refractivity contribution < 1.29 is 13.8 Å². The van der Waals surface area contributed by atoms with Crippen molar-refractivity contribution in [3.63, 3.8) is 0 Å². The minimum atomic E-state index is -0.495. The number of amides is 1. The third-order valence-corrected chi connectivity index (χ3v) is 4.81. The molecular formula is C20H14ClN7O4. The quantitative estimate of drug-likeness (QED) is 0.431. The van der Waals surface area contributed by atoms with Crippen LogP contribution in [0.2, 0.25) is 5.02 Å². The molecule has 12 heteroatoms. The number of carbonyl (C=O) groups excluding carboxylic acids is 1. The highest BCUT2D eigenvalue weighted by Crippen LogP contribution is 2.25. The van der Waals surface area contributed by atoms with Crippen LogP contribution in [-0.4, -0.2) is 35.4 Å². The van der Waals surface area contributed by atoms with E-state index in [1.807, 2.05) is 0 Å². The van der Waals surface area contributed by atoms with Crippen LogP contribution in [0.4, 0.5) is 5.82 Å². The number of aromatic nitrogens is 6. The van der Waals surface area contributed by atoms with Crippen LogP contribution in [0.25, 0.3) is 28.5 Å². The summed E-state index contributed by atoms with van der Waals surface area (Å²) in [5.74, 6) is 0.870. The Hall–Kier alpha value is -4.25. The molecule has 0 saturated carbocycles. The van der Waals surface area contributed by atoms with Crippen molar-refractivity contribution in [1.29, 1.82) is 0 Å². The van der Waals surface area contributed by atoms with Crippen molar-refractivity contribution in [2.24, 2.45) is 0 Å². The number of carbonyl (C=O) groups is 1. The maximum absolute atomic E-state index is 12.7. The van der Waals surface area contributed by atoms with Gasteiger partial charge in [-0.2, -0.15) is 4.98 Å². The summed E-state index contributed by atoms with van der Waals surface area (Å²) in [4.78, 5) is 29.4. The van der Waals surface area contributed by atoms with E-state index in [9.17, 15) is 9.59 Å². The van der Waals surface area contributed by atoms with Crippen LogP contribution in [0.5, 0.6) is 0 Å². The number of hydrogen-bond acceptors (Lipinski definition) is 8. The van der Waals surface area contributed by atoms with Crippen LogP contribution in [0.3, 0.4) is 0 Å². The number of aryl methyl sites for hydroxylation is 1. The average molecular weight is 452 g/mol. The molecule has 0 aliphatic carbocycles. The predicted molar refractivity (Wildman–Crippen MR) is 113 cm³/mol. The third-order valence-electron chi connectivity index (χ3n) is 4.56. The molecule has 0 fully saturated rings. The van der Waals surface area contributed by atoms with E-state index in [0.717, 1.165) is 10.2 Å². The summed E-state index contributed by atoms with van der Waals surface area (Å²) in [6.45, 7) is 1.39. The van der Waals surface area contributed by atoms with Crippen molar-refractivity contribution in [3.05, 3.63) is 69.9 Å². The molecule has 160 valence electrons. The van der Waals surface area contributed by atoms with Gasteiger partial charge >= 0.3 is 5.69 Å². The van der Waals surface area contributed by atoms with Gasteiger partial charge in [0.25, 0.3) is 5.89 Å². The predicted octanol–water partition coefficient (Wildman–Crippen LogP) is 2.80. The lowest BCUT2D eigenvalue weighted by atomic mass is 10.2. The highest BCUT2D eigenvalue weighted by molar-refractivity contribution is 6.30. The second kappa shape index (κ2) is 7.78. The van der Waals surface area contributed by atoms with Crippen molar-refractivity contribution in [3.8, 4) is 22.8 Å². The van der Waals surface area contributed by atoms with Gasteiger partial charge in [-0.05, 0) is 43.3 Å². The maximum atomic E-state index is 12.7. The summed E-state index contributed by atoms with van der Waals surface area (Å²) < 4.78 is 12.6. The van der Waals surface area contributed by atoms with Crippen LogP contribution in [0.15, 0.2) is 62.5 Å². The lowest BCUT2D eigenvalue weighted by Crippen LogP contribution is -2.28. The molecular weight excluding hydrogens is 438 g/mol. The second-order valence-corrected chi connectivity index (χ2v) is 7.29. The van der Waals surface area contributed by atoms with Gasteiger partial charge in [0.1, 0.15) is 12.3 Å². The fraction of sp³-hybridized carbons (Fsp3) is 0.100. The van der Waals surface area contributed by atoms with Gasteiger partial charge in [0, 0.05) is 22.8 Å². The van der Waals surface area contributed by atoms with Gasteiger partial charge in [-0.1, -0.05) is 21.9 Å². The largest absolute Gasteiger partial charge is 0.360 e. The standard InChI is InChI=1S/C20H14ClN7O4/c1-11-9-15(25-31-11)22-16(29)10-28-20(30)27-8-2-3-14(18(27)24-28)19-23-17(26-32-19)12-4-6-13(21)7-5-12/h2-9H,10H2,1H3,(H,22,25,29). The molecule has 4 heterocycles. The topological polar surface area (TPSA) is 133 Å². The van der Waals surface area contributed by atoms with Crippen molar-refractivity contribution in [1.82, 2.24) is 29.5 Å². The Morgan fingerprint density at radius 3 is 2.72 bits per heavy atom. The molecule has 0 radical (unpaired) electrons. The molecule has 1 amide bonds. The number of halogens is 1. The minimum Gasteiger partial charge on any atom is -0.360 e. The van der Waals surface area contributed by atoms with Gasteiger partial charge in [-0.3, -0.25) is 4.79 Å². The first-order chi connectivity index (χ1) is 15.5. The Bertz CT molecular complexity index is 1500. The zero-order chi connectivity index (χ0) is 22.2. The van der Waals surface area contributed by atoms with E-state index < -0.39 is 11.6 Å². The molecule has 0 bridgehead atoms. The summed E-state index contributed by atoms with van der Waals surface area (Å²) in [7, 11) is 0. The highest BCUT2D eigenvalue weighted by atomic mass is 35.5. The Balaban J connectivity index is 1.46. The molecule has 0 saturated heterocycles. The first kappa shape index (κ1) is 19.7. The monoisotopic (exact) mass is 451 g/mol. The molecule has 0 unspecified atom stereocenters. The first-order valence-corrected chi connectivity index (χ1v) is 9.77. The molecule has 4 aromatic heterocycles. The summed E-state index contributed by atoms with van der Waals surface area (Å²) in [5, 5.41) is 15.1. The summed E-state index contributed by atoms with van der Waals surface area (Å²) in [5.41, 5.74) is 0.947. The normalized spacial score (nSPS) is 11.2. The Morgan fingerprint density at radius 1 is 1.16 bits per heavy atom. The molecule has 5 aromatic rings. The minimum absolute atomic E-state index is 0.181. The van der Waals surface area contributed by atoms with Gasteiger partial charge in [0.15, 0.2) is 11.5 Å². The summed E-state index contributed by atoms with van der Waals surface area (Å²) in [6, 6.07) is 11.9. The van der Waals surface area contributed by atoms with E-state index >= 15 is 0 Å². The molecule has 0 aliphatic rings. The zero-order valence-corrected chi connectivity index (χ0v) is 17.3. The van der Waals surface area contributed by atoms with E-state index in [4.69, 9.17) is 20.6 Å². The van der Waals surface area contributed by atoms with Crippen LogP contribution in [-0.2, 0) is 11.3 Å². The number of rotatable bonds is 5. The molecule has 1 aromatic carbocycles. The molecule has 32 heavy (non-hydrogen) atoms. The van der Waals surface area contributed by atoms with Gasteiger partial charge < -0.3 is 14.4 Å². The average Bonchev–Trinajstić information content (AvgIpc) is 3.49. The van der Waals surface area contributed by atoms with Crippen LogP contribution in [0, 0.1) is 6.92 Å². The highest BCUT2D eigenvalue weighted by Gasteiger charge is 2.19. The Labute approximate surface area is 184 Å². The number of nitrogens with one attached hydrogen (secondary N) is 1. The summed E-state index contributed by atoms with van der Waals surface area (Å²) >= 11 is 5.92. The number of benzene rings is 1. The van der Waals surface area contributed by atoms with Crippen molar-refractivity contribution in [2.75, 3.05) is 5.32 Å². The van der Waals surface area contributed by atoms with Gasteiger partial charge in [-0.15, -0.1) is 5.10 Å². The van der Waals surface area contributed by atoms with Gasteiger partial charge in [-0.25, -0.2) is 13.9 Å². The molecule has 0 spiro atoms. The molecule has 1 N–H and O–H groups in total. The van der Waals surface area contributed by atoms with Gasteiger partial charge in [0.05, 0.1) is 5.56 Å². The molecule has 5 rings (SSSR count). The lowest BCUT2D eigenvalue weighted by Gasteiger charge is -1.99. The first-order valence-electron chi connectivity index (χ1n) is 9.39. The number of nitrogens with zero attached hydrogens (tertiary/aromatic N) is 6. The lowest BCUT2D eigenvalue weighted by molar-refractivity contribution is -0.117. The van der Waals surface area contributed by atoms with Gasteiger partial charge in [0.2, 0.25) is 11.7 Å². The zero-order valence-electron chi connectivity index (χ0n) is 16.5. The fourth-order valence-corrected chi connectivity index (χ4v) is 3.23.